The third-order valence-electron chi connectivity index (χ3n) is 2.93. The summed E-state index contributed by atoms with van der Waals surface area (Å²) in [6.07, 6.45) is 3.38. The highest BCUT2D eigenvalue weighted by Crippen LogP contribution is 2.12. The van der Waals surface area contributed by atoms with Crippen molar-refractivity contribution in [3.63, 3.8) is 0 Å². The van der Waals surface area contributed by atoms with Crippen molar-refractivity contribution >= 4 is 22.0 Å². The summed E-state index contributed by atoms with van der Waals surface area (Å²) in [5, 5.41) is 9.94. The van der Waals surface area contributed by atoms with Crippen molar-refractivity contribution in [2.45, 2.75) is 6.10 Å². The van der Waals surface area contributed by atoms with Crippen LogP contribution in [0.25, 0.3) is 6.08 Å². The fourth-order valence-electron chi connectivity index (χ4n) is 1.91. The lowest BCUT2D eigenvalue weighted by atomic mass is 10.2. The van der Waals surface area contributed by atoms with Gasteiger partial charge in [0.25, 0.3) is 0 Å². The minimum atomic E-state index is -0.424. The van der Waals surface area contributed by atoms with Crippen LogP contribution in [-0.2, 0) is 4.74 Å². The summed E-state index contributed by atoms with van der Waals surface area (Å²) in [4.78, 5) is 2.22. The van der Waals surface area contributed by atoms with Crippen LogP contribution in [0, 0.1) is 0 Å². The molecule has 2 rings (SSSR count). The average Bonchev–Trinajstić information content (AvgIpc) is 2.39. The van der Waals surface area contributed by atoms with E-state index in [0.29, 0.717) is 6.54 Å². The fourth-order valence-corrected chi connectivity index (χ4v) is 2.17. The molecule has 1 aliphatic heterocycles. The molecule has 1 aliphatic rings. The zero-order chi connectivity index (χ0) is 12.8. The number of β-amino-alcohol motifs (C(OH)–C–C–N with tert-alkyl or cyclic N) is 1. The molecule has 0 bridgehead atoms. The van der Waals surface area contributed by atoms with Crippen molar-refractivity contribution in [3.05, 3.63) is 40.4 Å². The average molecular weight is 312 g/mol. The van der Waals surface area contributed by atoms with Gasteiger partial charge in [-0.1, -0.05) is 40.2 Å². The molecule has 0 radical (unpaired) electrons. The molecular weight excluding hydrogens is 294 g/mol. The van der Waals surface area contributed by atoms with Gasteiger partial charge in [-0.3, -0.25) is 4.90 Å². The van der Waals surface area contributed by atoms with Crippen LogP contribution < -0.4 is 0 Å². The highest BCUT2D eigenvalue weighted by atomic mass is 79.9. The molecule has 0 saturated carbocycles. The Bertz CT molecular complexity index is 385. The van der Waals surface area contributed by atoms with Crippen LogP contribution in [0.15, 0.2) is 34.8 Å². The number of nitrogens with zero attached hydrogens (tertiary/aromatic N) is 1. The Morgan fingerprint density at radius 3 is 2.61 bits per heavy atom. The van der Waals surface area contributed by atoms with Gasteiger partial charge in [-0.2, -0.15) is 0 Å². The monoisotopic (exact) mass is 311 g/mol. The van der Waals surface area contributed by atoms with E-state index in [-0.39, 0.29) is 0 Å². The Balaban J connectivity index is 1.82. The molecule has 1 aromatic carbocycles. The largest absolute Gasteiger partial charge is 0.388 e. The van der Waals surface area contributed by atoms with Crippen molar-refractivity contribution < 1.29 is 9.84 Å². The summed E-state index contributed by atoms with van der Waals surface area (Å²) >= 11 is 3.40. The van der Waals surface area contributed by atoms with E-state index in [1.54, 1.807) is 0 Å². The number of benzene rings is 1. The van der Waals surface area contributed by atoms with E-state index in [1.165, 1.54) is 0 Å². The summed E-state index contributed by atoms with van der Waals surface area (Å²) in [6.45, 7) is 4.02. The molecule has 1 atom stereocenters. The highest BCUT2D eigenvalue weighted by molar-refractivity contribution is 9.10. The van der Waals surface area contributed by atoms with E-state index in [0.717, 1.165) is 36.3 Å². The Morgan fingerprint density at radius 2 is 1.94 bits per heavy atom. The van der Waals surface area contributed by atoms with Gasteiger partial charge in [0, 0.05) is 24.1 Å². The van der Waals surface area contributed by atoms with Crippen molar-refractivity contribution in [2.24, 2.45) is 0 Å². The predicted octanol–water partition coefficient (Wildman–Crippen LogP) is 2.16. The van der Waals surface area contributed by atoms with E-state index < -0.39 is 6.10 Å². The number of morpholine rings is 1. The third-order valence-corrected chi connectivity index (χ3v) is 3.46. The van der Waals surface area contributed by atoms with Gasteiger partial charge in [-0.05, 0) is 17.7 Å². The number of hydrogen-bond donors (Lipinski definition) is 1. The molecule has 1 saturated heterocycles. The van der Waals surface area contributed by atoms with E-state index in [4.69, 9.17) is 4.74 Å². The molecule has 3 nitrogen and oxygen atoms in total. The van der Waals surface area contributed by atoms with Gasteiger partial charge in [0.2, 0.25) is 0 Å². The topological polar surface area (TPSA) is 32.7 Å². The Morgan fingerprint density at radius 1 is 1.28 bits per heavy atom. The summed E-state index contributed by atoms with van der Waals surface area (Å²) in [6, 6.07) is 8.02. The molecule has 0 amide bonds. The molecule has 1 unspecified atom stereocenters. The maximum atomic E-state index is 9.94. The summed E-state index contributed by atoms with van der Waals surface area (Å²) < 4.78 is 6.34. The van der Waals surface area contributed by atoms with Crippen LogP contribution in [0.1, 0.15) is 5.56 Å². The lowest BCUT2D eigenvalue weighted by molar-refractivity contribution is 0.0223. The van der Waals surface area contributed by atoms with Gasteiger partial charge < -0.3 is 9.84 Å². The molecule has 4 heteroatoms. The van der Waals surface area contributed by atoms with E-state index >= 15 is 0 Å². The fraction of sp³-hybridized carbons (Fsp3) is 0.429. The van der Waals surface area contributed by atoms with Crippen molar-refractivity contribution in [2.75, 3.05) is 32.8 Å². The molecule has 18 heavy (non-hydrogen) atoms. The number of hydrogen-bond acceptors (Lipinski definition) is 3. The number of ether oxygens (including phenoxy) is 1. The van der Waals surface area contributed by atoms with Gasteiger partial charge >= 0.3 is 0 Å². The third kappa shape index (κ3) is 4.53. The Labute approximate surface area is 116 Å². The lowest BCUT2D eigenvalue weighted by Gasteiger charge is -2.27. The minimum Gasteiger partial charge on any atom is -0.388 e. The molecule has 1 aromatic rings. The maximum Gasteiger partial charge on any atom is 0.0851 e. The molecule has 0 spiro atoms. The Kier molecular flexibility index (Phi) is 5.38. The van der Waals surface area contributed by atoms with Gasteiger partial charge in [-0.15, -0.1) is 0 Å². The first-order valence-corrected chi connectivity index (χ1v) is 6.95. The van der Waals surface area contributed by atoms with Crippen LogP contribution in [0.4, 0.5) is 0 Å². The summed E-state index contributed by atoms with van der Waals surface area (Å²) in [7, 11) is 0. The zero-order valence-electron chi connectivity index (χ0n) is 10.3. The first kappa shape index (κ1) is 13.7. The summed E-state index contributed by atoms with van der Waals surface area (Å²) in [5.41, 5.74) is 1.10. The second-order valence-electron chi connectivity index (χ2n) is 4.39. The molecule has 1 fully saturated rings. The lowest BCUT2D eigenvalue weighted by Crippen LogP contribution is -2.40. The minimum absolute atomic E-state index is 0.424. The number of aliphatic hydroxyl groups excluding tert-OH is 1. The predicted molar refractivity (Wildman–Crippen MR) is 76.4 cm³/mol. The summed E-state index contributed by atoms with van der Waals surface area (Å²) in [5.74, 6) is 0. The second kappa shape index (κ2) is 7.04. The maximum absolute atomic E-state index is 9.94. The van der Waals surface area contributed by atoms with Gasteiger partial charge in [0.1, 0.15) is 0 Å². The van der Waals surface area contributed by atoms with Gasteiger partial charge in [0.15, 0.2) is 0 Å². The van der Waals surface area contributed by atoms with Crippen LogP contribution in [0.5, 0.6) is 0 Å². The molecule has 1 heterocycles. The quantitative estimate of drug-likeness (QED) is 0.925. The molecular formula is C14H18BrNO2. The first-order valence-electron chi connectivity index (χ1n) is 6.16. The molecule has 0 aromatic heterocycles. The first-order chi connectivity index (χ1) is 8.74. The van der Waals surface area contributed by atoms with Crippen molar-refractivity contribution in [3.8, 4) is 0 Å². The van der Waals surface area contributed by atoms with E-state index in [9.17, 15) is 5.11 Å². The van der Waals surface area contributed by atoms with Gasteiger partial charge in [0.05, 0.1) is 19.3 Å². The van der Waals surface area contributed by atoms with Crippen LogP contribution in [0.2, 0.25) is 0 Å². The van der Waals surface area contributed by atoms with Crippen LogP contribution >= 0.6 is 15.9 Å². The normalized spacial score (nSPS) is 19.2. The van der Waals surface area contributed by atoms with Crippen molar-refractivity contribution in [1.82, 2.24) is 4.90 Å². The van der Waals surface area contributed by atoms with Gasteiger partial charge in [-0.25, -0.2) is 0 Å². The number of aliphatic hydroxyl groups is 1. The van der Waals surface area contributed by atoms with Crippen LogP contribution in [-0.4, -0.2) is 49.0 Å². The Hall–Kier alpha value is -0.680. The zero-order valence-corrected chi connectivity index (χ0v) is 11.8. The van der Waals surface area contributed by atoms with E-state index in [1.807, 2.05) is 36.4 Å². The van der Waals surface area contributed by atoms with Crippen molar-refractivity contribution in [1.29, 1.82) is 0 Å². The van der Waals surface area contributed by atoms with Crippen LogP contribution in [0.3, 0.4) is 0 Å². The molecule has 0 aliphatic carbocycles. The smallest absolute Gasteiger partial charge is 0.0851 e. The second-order valence-corrected chi connectivity index (χ2v) is 5.31. The van der Waals surface area contributed by atoms with E-state index in [2.05, 4.69) is 20.8 Å². The SMILES string of the molecule is OC(/C=C\c1ccc(Br)cc1)CN1CCOCC1. The standard InChI is InChI=1S/C14H18BrNO2/c15-13-4-1-12(2-5-13)3-6-14(17)11-16-7-9-18-10-8-16/h1-6,14,17H,7-11H2/b6-3-. The number of rotatable bonds is 4. The molecule has 98 valence electrons. The highest BCUT2D eigenvalue weighted by Gasteiger charge is 2.12. The number of halogens is 1. The molecule has 1 N–H and O–H groups in total.